The van der Waals surface area contributed by atoms with Crippen molar-refractivity contribution in [3.63, 3.8) is 0 Å². The highest BCUT2D eigenvalue weighted by molar-refractivity contribution is 7.89. The van der Waals surface area contributed by atoms with Gasteiger partial charge in [0.1, 0.15) is 11.5 Å². The lowest BCUT2D eigenvalue weighted by Gasteiger charge is -2.34. The predicted octanol–water partition coefficient (Wildman–Crippen LogP) is 3.86. The van der Waals surface area contributed by atoms with Gasteiger partial charge in [0.2, 0.25) is 15.9 Å². The van der Waals surface area contributed by atoms with E-state index in [1.807, 2.05) is 36.1 Å². The molecule has 0 aromatic heterocycles. The standard InChI is InChI=1S/C25H32N2O5S/c1-3-32-21-9-11-23(12-10-21)33(29,30)26-16-13-19(14-17-26)25(28)27-15-5-8-24(27)20-6-4-7-22(18-20)31-2/h4,6-7,9-12,18-19,24H,3,5,8,13-17H2,1-2H3. The van der Waals surface area contributed by atoms with E-state index in [9.17, 15) is 13.2 Å². The highest BCUT2D eigenvalue weighted by atomic mass is 32.2. The molecule has 0 spiro atoms. The molecule has 2 aliphatic heterocycles. The van der Waals surface area contributed by atoms with E-state index in [2.05, 4.69) is 0 Å². The van der Waals surface area contributed by atoms with Gasteiger partial charge in [-0.05, 0) is 74.6 Å². The van der Waals surface area contributed by atoms with Crippen LogP contribution in [0.3, 0.4) is 0 Å². The van der Waals surface area contributed by atoms with Gasteiger partial charge in [-0.15, -0.1) is 0 Å². The van der Waals surface area contributed by atoms with Gasteiger partial charge in [-0.2, -0.15) is 4.31 Å². The second-order valence-corrected chi connectivity index (χ2v) is 10.5. The van der Waals surface area contributed by atoms with E-state index >= 15 is 0 Å². The monoisotopic (exact) mass is 472 g/mol. The van der Waals surface area contributed by atoms with E-state index in [0.717, 1.165) is 30.7 Å². The van der Waals surface area contributed by atoms with Crippen LogP contribution >= 0.6 is 0 Å². The third-order valence-electron chi connectivity index (χ3n) is 6.59. The van der Waals surface area contributed by atoms with E-state index in [0.29, 0.717) is 38.3 Å². The molecule has 2 saturated heterocycles. The van der Waals surface area contributed by atoms with Crippen molar-refractivity contribution >= 4 is 15.9 Å². The molecule has 1 unspecified atom stereocenters. The number of hydrogen-bond donors (Lipinski definition) is 0. The van der Waals surface area contributed by atoms with E-state index in [1.54, 1.807) is 31.4 Å². The van der Waals surface area contributed by atoms with Gasteiger partial charge in [-0.3, -0.25) is 4.79 Å². The van der Waals surface area contributed by atoms with Gasteiger partial charge in [0.25, 0.3) is 0 Å². The van der Waals surface area contributed by atoms with Crippen LogP contribution in [-0.4, -0.2) is 56.9 Å². The molecule has 33 heavy (non-hydrogen) atoms. The Kier molecular flexibility index (Phi) is 7.24. The number of methoxy groups -OCH3 is 1. The number of hydrogen-bond acceptors (Lipinski definition) is 5. The first-order valence-corrected chi connectivity index (χ1v) is 13.1. The van der Waals surface area contributed by atoms with Gasteiger partial charge < -0.3 is 14.4 Å². The van der Waals surface area contributed by atoms with Crippen LogP contribution in [0.15, 0.2) is 53.4 Å². The minimum atomic E-state index is -3.58. The second-order valence-electron chi connectivity index (χ2n) is 8.55. The van der Waals surface area contributed by atoms with E-state index in [4.69, 9.17) is 9.47 Å². The normalized spacial score (nSPS) is 20.1. The molecule has 2 aromatic carbocycles. The molecule has 0 saturated carbocycles. The Morgan fingerprint density at radius 3 is 2.39 bits per heavy atom. The Morgan fingerprint density at radius 2 is 1.73 bits per heavy atom. The lowest BCUT2D eigenvalue weighted by molar-refractivity contribution is -0.137. The van der Waals surface area contributed by atoms with Crippen LogP contribution in [-0.2, 0) is 14.8 Å². The zero-order valence-electron chi connectivity index (χ0n) is 19.3. The van der Waals surface area contributed by atoms with Gasteiger partial charge in [-0.25, -0.2) is 8.42 Å². The van der Waals surface area contributed by atoms with Gasteiger partial charge in [0.05, 0.1) is 24.7 Å². The van der Waals surface area contributed by atoms with Crippen LogP contribution in [0.2, 0.25) is 0 Å². The summed E-state index contributed by atoms with van der Waals surface area (Å²) in [4.78, 5) is 15.6. The summed E-state index contributed by atoms with van der Waals surface area (Å²) in [5, 5.41) is 0. The largest absolute Gasteiger partial charge is 0.497 e. The number of carbonyl (C=O) groups is 1. The summed E-state index contributed by atoms with van der Waals surface area (Å²) in [6, 6.07) is 14.5. The number of benzene rings is 2. The molecular formula is C25H32N2O5S. The third kappa shape index (κ3) is 5.01. The summed E-state index contributed by atoms with van der Waals surface area (Å²) < 4.78 is 38.4. The van der Waals surface area contributed by atoms with Crippen molar-refractivity contribution in [3.05, 3.63) is 54.1 Å². The smallest absolute Gasteiger partial charge is 0.243 e. The van der Waals surface area contributed by atoms with E-state index in [-0.39, 0.29) is 22.8 Å². The van der Waals surface area contributed by atoms with Crippen molar-refractivity contribution in [3.8, 4) is 11.5 Å². The van der Waals surface area contributed by atoms with E-state index in [1.165, 1.54) is 4.31 Å². The van der Waals surface area contributed by atoms with Gasteiger partial charge in [0, 0.05) is 25.6 Å². The lowest BCUT2D eigenvalue weighted by atomic mass is 9.95. The van der Waals surface area contributed by atoms with Crippen LogP contribution < -0.4 is 9.47 Å². The maximum atomic E-state index is 13.4. The average molecular weight is 473 g/mol. The molecule has 8 heteroatoms. The molecule has 0 aliphatic carbocycles. The molecule has 0 bridgehead atoms. The highest BCUT2D eigenvalue weighted by Crippen LogP contribution is 2.36. The average Bonchev–Trinajstić information content (AvgIpc) is 3.34. The third-order valence-corrected chi connectivity index (χ3v) is 8.50. The van der Waals surface area contributed by atoms with Crippen LogP contribution in [0.1, 0.15) is 44.2 Å². The van der Waals surface area contributed by atoms with Gasteiger partial charge in [-0.1, -0.05) is 12.1 Å². The zero-order valence-corrected chi connectivity index (χ0v) is 20.1. The van der Waals surface area contributed by atoms with Crippen molar-refractivity contribution < 1.29 is 22.7 Å². The summed E-state index contributed by atoms with van der Waals surface area (Å²) in [5.41, 5.74) is 1.09. The molecule has 2 fully saturated rings. The molecule has 1 atom stereocenters. The molecule has 4 rings (SSSR count). The summed E-state index contributed by atoms with van der Waals surface area (Å²) in [5.74, 6) is 1.43. The van der Waals surface area contributed by atoms with Crippen molar-refractivity contribution in [2.45, 2.75) is 43.5 Å². The number of carbonyl (C=O) groups excluding carboxylic acids is 1. The van der Waals surface area contributed by atoms with Crippen LogP contribution in [0.25, 0.3) is 0 Å². The lowest BCUT2D eigenvalue weighted by Crippen LogP contribution is -2.44. The number of likely N-dealkylation sites (tertiary alicyclic amines) is 1. The van der Waals surface area contributed by atoms with Crippen LogP contribution in [0, 0.1) is 5.92 Å². The maximum Gasteiger partial charge on any atom is 0.243 e. The molecule has 2 aromatic rings. The Bertz CT molecular complexity index is 1060. The Morgan fingerprint density at radius 1 is 1.00 bits per heavy atom. The van der Waals surface area contributed by atoms with Crippen LogP contribution in [0.5, 0.6) is 11.5 Å². The molecule has 7 nitrogen and oxygen atoms in total. The molecule has 0 N–H and O–H groups in total. The fourth-order valence-corrected chi connectivity index (χ4v) is 6.30. The number of ether oxygens (including phenoxy) is 2. The predicted molar refractivity (Wildman–Crippen MR) is 126 cm³/mol. The Labute approximate surface area is 196 Å². The van der Waals surface area contributed by atoms with Crippen molar-refractivity contribution in [2.24, 2.45) is 5.92 Å². The summed E-state index contributed by atoms with van der Waals surface area (Å²) in [6.07, 6.45) is 2.98. The number of sulfonamides is 1. The topological polar surface area (TPSA) is 76.2 Å². The summed E-state index contributed by atoms with van der Waals surface area (Å²) in [7, 11) is -1.94. The van der Waals surface area contributed by atoms with Crippen LogP contribution in [0.4, 0.5) is 0 Å². The zero-order chi connectivity index (χ0) is 23.4. The summed E-state index contributed by atoms with van der Waals surface area (Å²) >= 11 is 0. The Hall–Kier alpha value is -2.58. The number of rotatable bonds is 7. The second kappa shape index (κ2) is 10.1. The summed E-state index contributed by atoms with van der Waals surface area (Å²) in [6.45, 7) is 3.86. The van der Waals surface area contributed by atoms with Gasteiger partial charge in [0.15, 0.2) is 0 Å². The number of piperidine rings is 1. The highest BCUT2D eigenvalue weighted by Gasteiger charge is 2.37. The Balaban J connectivity index is 1.40. The van der Waals surface area contributed by atoms with Crippen molar-refractivity contribution in [2.75, 3.05) is 33.4 Å². The fourth-order valence-electron chi connectivity index (χ4n) is 4.83. The molecular weight excluding hydrogens is 440 g/mol. The fraction of sp³-hybridized carbons (Fsp3) is 0.480. The first kappa shape index (κ1) is 23.6. The minimum absolute atomic E-state index is 0.0539. The maximum absolute atomic E-state index is 13.4. The van der Waals surface area contributed by atoms with Gasteiger partial charge >= 0.3 is 0 Å². The quantitative estimate of drug-likeness (QED) is 0.612. The van der Waals surface area contributed by atoms with Crippen molar-refractivity contribution in [1.29, 1.82) is 0 Å². The minimum Gasteiger partial charge on any atom is -0.497 e. The first-order chi connectivity index (χ1) is 15.9. The SMILES string of the molecule is CCOc1ccc(S(=O)(=O)N2CCC(C(=O)N3CCCC3c3cccc(OC)c3)CC2)cc1. The number of nitrogens with zero attached hydrogens (tertiary/aromatic N) is 2. The van der Waals surface area contributed by atoms with Crippen molar-refractivity contribution in [1.82, 2.24) is 9.21 Å². The molecule has 2 aliphatic rings. The first-order valence-electron chi connectivity index (χ1n) is 11.6. The number of amides is 1. The van der Waals surface area contributed by atoms with E-state index < -0.39 is 10.0 Å². The molecule has 2 heterocycles. The molecule has 178 valence electrons. The molecule has 1 amide bonds. The molecule has 0 radical (unpaired) electrons.